The lowest BCUT2D eigenvalue weighted by molar-refractivity contribution is 0.472. The molecule has 1 saturated heterocycles. The zero-order chi connectivity index (χ0) is 12.6. The van der Waals surface area contributed by atoms with Gasteiger partial charge >= 0.3 is 0 Å². The van der Waals surface area contributed by atoms with Crippen LogP contribution in [0.15, 0.2) is 27.6 Å². The predicted octanol–water partition coefficient (Wildman–Crippen LogP) is 1.90. The molecule has 0 spiro atoms. The Balaban J connectivity index is 0.00000162. The number of nitrogens with zero attached hydrogens (tertiary/aromatic N) is 1. The Morgan fingerprint density at radius 1 is 1.44 bits per heavy atom. The number of benzene rings is 1. The molecule has 1 aliphatic rings. The molecule has 0 unspecified atom stereocenters. The summed E-state index contributed by atoms with van der Waals surface area (Å²) in [5, 5.41) is 0. The zero-order valence-corrected chi connectivity index (χ0v) is 13.2. The second-order valence-electron chi connectivity index (χ2n) is 4.30. The molecule has 0 aromatic heterocycles. The summed E-state index contributed by atoms with van der Waals surface area (Å²) in [6.45, 7) is 2.78. The predicted molar refractivity (Wildman–Crippen MR) is 77.5 cm³/mol. The summed E-state index contributed by atoms with van der Waals surface area (Å²) in [4.78, 5) is 0.326. The Labute approximate surface area is 122 Å². The summed E-state index contributed by atoms with van der Waals surface area (Å²) in [5.41, 5.74) is 6.66. The van der Waals surface area contributed by atoms with Crippen LogP contribution < -0.4 is 5.73 Å². The molecule has 0 radical (unpaired) electrons. The quantitative estimate of drug-likeness (QED) is 0.881. The molecule has 102 valence electrons. The third-order valence-electron chi connectivity index (χ3n) is 2.96. The van der Waals surface area contributed by atoms with Crippen molar-refractivity contribution in [3.8, 4) is 0 Å². The minimum atomic E-state index is -3.42. The third-order valence-corrected chi connectivity index (χ3v) is 6.18. The first-order valence-corrected chi connectivity index (χ1v) is 7.67. The molecular formula is C11H16BrClN2O2S. The van der Waals surface area contributed by atoms with Gasteiger partial charge in [-0.25, -0.2) is 8.42 Å². The normalized spacial score (nSPS) is 20.7. The van der Waals surface area contributed by atoms with Gasteiger partial charge in [-0.2, -0.15) is 4.31 Å². The highest BCUT2D eigenvalue weighted by Crippen LogP contribution is 2.29. The molecule has 1 aliphatic heterocycles. The minimum Gasteiger partial charge on any atom is -0.326 e. The summed E-state index contributed by atoms with van der Waals surface area (Å²) < 4.78 is 26.9. The topological polar surface area (TPSA) is 63.4 Å². The van der Waals surface area contributed by atoms with Gasteiger partial charge in [-0.3, -0.25) is 0 Å². The molecule has 1 atom stereocenters. The van der Waals surface area contributed by atoms with Crippen LogP contribution in [0.2, 0.25) is 0 Å². The summed E-state index contributed by atoms with van der Waals surface area (Å²) in [6.07, 6.45) is 0.725. The van der Waals surface area contributed by atoms with Gasteiger partial charge < -0.3 is 5.73 Å². The van der Waals surface area contributed by atoms with Gasteiger partial charge in [0.2, 0.25) is 10.0 Å². The van der Waals surface area contributed by atoms with Gasteiger partial charge in [-0.15, -0.1) is 12.4 Å². The lowest BCUT2D eigenvalue weighted by Gasteiger charge is -2.17. The lowest BCUT2D eigenvalue weighted by atomic mass is 10.2. The van der Waals surface area contributed by atoms with Crippen LogP contribution in [0.5, 0.6) is 0 Å². The highest BCUT2D eigenvalue weighted by atomic mass is 79.9. The van der Waals surface area contributed by atoms with E-state index >= 15 is 0 Å². The third kappa shape index (κ3) is 2.88. The van der Waals surface area contributed by atoms with Crippen LogP contribution in [0.1, 0.15) is 12.0 Å². The van der Waals surface area contributed by atoms with Gasteiger partial charge in [-0.1, -0.05) is 12.1 Å². The van der Waals surface area contributed by atoms with Gasteiger partial charge in [-0.05, 0) is 40.9 Å². The average Bonchev–Trinajstić information content (AvgIpc) is 2.69. The van der Waals surface area contributed by atoms with E-state index in [0.717, 1.165) is 12.0 Å². The largest absolute Gasteiger partial charge is 0.326 e. The molecule has 2 N–H and O–H groups in total. The second kappa shape index (κ2) is 5.88. The van der Waals surface area contributed by atoms with Crippen molar-refractivity contribution in [1.29, 1.82) is 0 Å². The van der Waals surface area contributed by atoms with Crippen molar-refractivity contribution < 1.29 is 8.42 Å². The minimum absolute atomic E-state index is 0. The smallest absolute Gasteiger partial charge is 0.244 e. The number of sulfonamides is 1. The average molecular weight is 356 g/mol. The lowest BCUT2D eigenvalue weighted by Crippen LogP contribution is -2.32. The molecule has 1 aromatic carbocycles. The first-order chi connectivity index (χ1) is 7.93. The summed E-state index contributed by atoms with van der Waals surface area (Å²) in [7, 11) is -3.42. The van der Waals surface area contributed by atoms with Crippen LogP contribution >= 0.6 is 28.3 Å². The SMILES string of the molecule is Cc1cccc(S(=O)(=O)N2CC[C@@H](N)C2)c1Br.Cl. The monoisotopic (exact) mass is 354 g/mol. The maximum absolute atomic E-state index is 12.4. The van der Waals surface area contributed by atoms with Gasteiger partial charge in [0.25, 0.3) is 0 Å². The Hall–Kier alpha value is -0.140. The molecule has 0 amide bonds. The molecule has 4 nitrogen and oxygen atoms in total. The summed E-state index contributed by atoms with van der Waals surface area (Å²) in [5.74, 6) is 0. The number of nitrogens with two attached hydrogens (primary N) is 1. The Bertz CT molecular complexity index is 536. The van der Waals surface area contributed by atoms with Gasteiger partial charge in [0.15, 0.2) is 0 Å². The number of hydrogen-bond acceptors (Lipinski definition) is 3. The van der Waals surface area contributed by atoms with E-state index in [1.807, 2.05) is 13.0 Å². The fourth-order valence-electron chi connectivity index (χ4n) is 1.93. The van der Waals surface area contributed by atoms with Crippen LogP contribution in [0.3, 0.4) is 0 Å². The highest BCUT2D eigenvalue weighted by molar-refractivity contribution is 9.10. The van der Waals surface area contributed by atoms with Crippen LogP contribution in [-0.4, -0.2) is 31.9 Å². The van der Waals surface area contributed by atoms with E-state index in [-0.39, 0.29) is 18.4 Å². The van der Waals surface area contributed by atoms with Crippen molar-refractivity contribution in [2.75, 3.05) is 13.1 Å². The summed E-state index contributed by atoms with van der Waals surface area (Å²) >= 11 is 3.34. The number of halogens is 2. The molecule has 0 saturated carbocycles. The first-order valence-electron chi connectivity index (χ1n) is 5.44. The van der Waals surface area contributed by atoms with Crippen LogP contribution in [0.4, 0.5) is 0 Å². The van der Waals surface area contributed by atoms with Crippen molar-refractivity contribution in [1.82, 2.24) is 4.31 Å². The van der Waals surface area contributed by atoms with Crippen molar-refractivity contribution in [3.05, 3.63) is 28.2 Å². The first kappa shape index (κ1) is 15.9. The molecule has 1 aromatic rings. The maximum Gasteiger partial charge on any atom is 0.244 e. The van der Waals surface area contributed by atoms with Gasteiger partial charge in [0.1, 0.15) is 0 Å². The van der Waals surface area contributed by atoms with Crippen molar-refractivity contribution in [3.63, 3.8) is 0 Å². The Morgan fingerprint density at radius 3 is 2.67 bits per heavy atom. The Morgan fingerprint density at radius 2 is 2.11 bits per heavy atom. The zero-order valence-electron chi connectivity index (χ0n) is 9.97. The molecule has 1 heterocycles. The fourth-order valence-corrected chi connectivity index (χ4v) is 4.46. The highest BCUT2D eigenvalue weighted by Gasteiger charge is 2.32. The van der Waals surface area contributed by atoms with Crippen molar-refractivity contribution in [2.45, 2.75) is 24.3 Å². The van der Waals surface area contributed by atoms with E-state index in [1.54, 1.807) is 12.1 Å². The van der Waals surface area contributed by atoms with E-state index in [1.165, 1.54) is 4.31 Å². The molecule has 18 heavy (non-hydrogen) atoms. The standard InChI is InChI=1S/C11H15BrN2O2S.ClH/c1-8-3-2-4-10(11(8)12)17(15,16)14-6-5-9(13)7-14;/h2-4,9H,5-7,13H2,1H3;1H/t9-;/m1./s1. The second-order valence-corrected chi connectivity index (χ2v) is 7.00. The van der Waals surface area contributed by atoms with Gasteiger partial charge in [0, 0.05) is 23.6 Å². The molecule has 2 rings (SSSR count). The van der Waals surface area contributed by atoms with Crippen molar-refractivity contribution in [2.24, 2.45) is 5.73 Å². The number of aryl methyl sites for hydroxylation is 1. The molecule has 0 aliphatic carbocycles. The molecule has 0 bridgehead atoms. The number of rotatable bonds is 2. The maximum atomic E-state index is 12.4. The van der Waals surface area contributed by atoms with E-state index in [2.05, 4.69) is 15.9 Å². The van der Waals surface area contributed by atoms with Gasteiger partial charge in [0.05, 0.1) is 4.90 Å². The van der Waals surface area contributed by atoms with E-state index in [0.29, 0.717) is 22.5 Å². The van der Waals surface area contributed by atoms with Crippen molar-refractivity contribution >= 4 is 38.4 Å². The van der Waals surface area contributed by atoms with Crippen LogP contribution in [-0.2, 0) is 10.0 Å². The Kier molecular flexibility index (Phi) is 5.20. The molecule has 1 fully saturated rings. The molecular weight excluding hydrogens is 340 g/mol. The van der Waals surface area contributed by atoms with E-state index in [4.69, 9.17) is 5.73 Å². The molecule has 7 heteroatoms. The summed E-state index contributed by atoms with van der Waals surface area (Å²) in [6, 6.07) is 5.20. The fraction of sp³-hybridized carbons (Fsp3) is 0.455. The number of hydrogen-bond donors (Lipinski definition) is 1. The van der Waals surface area contributed by atoms with Crippen LogP contribution in [0, 0.1) is 6.92 Å². The van der Waals surface area contributed by atoms with E-state index < -0.39 is 10.0 Å². The van der Waals surface area contributed by atoms with Crippen LogP contribution in [0.25, 0.3) is 0 Å². The van der Waals surface area contributed by atoms with E-state index in [9.17, 15) is 8.42 Å².